The van der Waals surface area contributed by atoms with Crippen molar-refractivity contribution in [3.8, 4) is 0 Å². The minimum Gasteiger partial charge on any atom is -0.466 e. The van der Waals surface area contributed by atoms with E-state index in [0.717, 1.165) is 44.9 Å². The Balaban J connectivity index is 3.38. The maximum absolute atomic E-state index is 12.4. The molecule has 0 aromatic carbocycles. The highest BCUT2D eigenvalue weighted by Crippen LogP contribution is 2.16. The molecule has 0 aliphatic rings. The third-order valence-electron chi connectivity index (χ3n) is 12.7. The fraction of sp³-hybridized carbons (Fsp3) is 0.893. The minimum absolute atomic E-state index is 0.00465. The second kappa shape index (κ2) is 52.0. The lowest BCUT2D eigenvalue weighted by molar-refractivity contribution is -0.143. The summed E-state index contributed by atoms with van der Waals surface area (Å²) in [6.07, 6.45) is 62.0. The van der Waals surface area contributed by atoms with E-state index in [9.17, 15) is 19.8 Å². The fourth-order valence-corrected chi connectivity index (χ4v) is 8.45. The molecule has 0 bridgehead atoms. The molecule has 0 aliphatic carbocycles. The summed E-state index contributed by atoms with van der Waals surface area (Å²) in [5.74, 6) is -0.0688. The molecule has 0 saturated carbocycles. The lowest BCUT2D eigenvalue weighted by Gasteiger charge is -2.20. The zero-order chi connectivity index (χ0) is 45.1. The summed E-state index contributed by atoms with van der Waals surface area (Å²) in [7, 11) is 0. The number of aliphatic hydroxyl groups excluding tert-OH is 2. The Morgan fingerprint density at radius 3 is 1.15 bits per heavy atom. The van der Waals surface area contributed by atoms with Crippen molar-refractivity contribution in [2.75, 3.05) is 13.2 Å². The molecule has 6 heteroatoms. The maximum Gasteiger partial charge on any atom is 0.305 e. The number of unbranched alkanes of at least 4 members (excludes halogenated alkanes) is 38. The quantitative estimate of drug-likeness (QED) is 0.0321. The van der Waals surface area contributed by atoms with Gasteiger partial charge in [-0.15, -0.1) is 0 Å². The van der Waals surface area contributed by atoms with Crippen LogP contribution < -0.4 is 5.32 Å². The summed E-state index contributed by atoms with van der Waals surface area (Å²) < 4.78 is 5.48. The van der Waals surface area contributed by atoms with Gasteiger partial charge in [0.05, 0.1) is 25.4 Å². The third kappa shape index (κ3) is 47.8. The standard InChI is InChI=1S/C56H107NO5/c1-3-5-7-9-11-13-14-15-16-20-24-27-30-34-38-42-46-50-56(61)62-51-47-43-39-35-31-28-25-22-19-17-18-21-23-26-29-33-37-41-45-49-55(60)57-53(52-58)54(59)48-44-40-36-32-12-10-8-6-4-2/h15-16,44,48,53-54,58-59H,3-14,17-43,45-47,49-52H2,1-2H3,(H,57,60)/b16-15-,48-44+. The van der Waals surface area contributed by atoms with Crippen LogP contribution >= 0.6 is 0 Å². The van der Waals surface area contributed by atoms with Crippen LogP contribution in [0.1, 0.15) is 296 Å². The molecule has 0 saturated heterocycles. The van der Waals surface area contributed by atoms with Crippen LogP contribution in [0, 0.1) is 0 Å². The van der Waals surface area contributed by atoms with Gasteiger partial charge in [-0.3, -0.25) is 9.59 Å². The predicted molar refractivity (Wildman–Crippen MR) is 269 cm³/mol. The zero-order valence-electron chi connectivity index (χ0n) is 41.6. The van der Waals surface area contributed by atoms with Crippen molar-refractivity contribution in [1.82, 2.24) is 5.32 Å². The number of hydrogen-bond acceptors (Lipinski definition) is 5. The van der Waals surface area contributed by atoms with Crippen molar-refractivity contribution in [2.45, 2.75) is 309 Å². The molecular weight excluding hydrogens is 767 g/mol. The van der Waals surface area contributed by atoms with Crippen LogP contribution in [-0.2, 0) is 14.3 Å². The molecule has 3 N–H and O–H groups in total. The van der Waals surface area contributed by atoms with Crippen LogP contribution in [0.4, 0.5) is 0 Å². The van der Waals surface area contributed by atoms with E-state index in [4.69, 9.17) is 4.74 Å². The number of amides is 1. The summed E-state index contributed by atoms with van der Waals surface area (Å²) in [4.78, 5) is 24.4. The highest BCUT2D eigenvalue weighted by molar-refractivity contribution is 5.76. The minimum atomic E-state index is -0.844. The van der Waals surface area contributed by atoms with Gasteiger partial charge < -0.3 is 20.3 Å². The Morgan fingerprint density at radius 1 is 0.435 bits per heavy atom. The number of hydrogen-bond donors (Lipinski definition) is 3. The number of esters is 1. The zero-order valence-corrected chi connectivity index (χ0v) is 41.6. The maximum atomic E-state index is 12.4. The summed E-state index contributed by atoms with van der Waals surface area (Å²) in [5.41, 5.74) is 0. The van der Waals surface area contributed by atoms with Gasteiger partial charge in [-0.25, -0.2) is 0 Å². The Labute approximate surface area is 386 Å². The van der Waals surface area contributed by atoms with Gasteiger partial charge in [0.1, 0.15) is 0 Å². The largest absolute Gasteiger partial charge is 0.466 e. The van der Waals surface area contributed by atoms with Crippen LogP contribution in [0.5, 0.6) is 0 Å². The van der Waals surface area contributed by atoms with E-state index in [-0.39, 0.29) is 18.5 Å². The van der Waals surface area contributed by atoms with E-state index in [1.54, 1.807) is 6.08 Å². The Morgan fingerprint density at radius 2 is 0.758 bits per heavy atom. The van der Waals surface area contributed by atoms with Crippen LogP contribution in [0.25, 0.3) is 0 Å². The second-order valence-electron chi connectivity index (χ2n) is 18.9. The molecule has 366 valence electrons. The first kappa shape index (κ1) is 60.3. The first-order chi connectivity index (χ1) is 30.5. The van der Waals surface area contributed by atoms with Crippen LogP contribution in [0.2, 0.25) is 0 Å². The summed E-state index contributed by atoms with van der Waals surface area (Å²) in [6, 6.07) is -0.627. The number of carbonyl (C=O) groups excluding carboxylic acids is 2. The van der Waals surface area contributed by atoms with Gasteiger partial charge in [-0.1, -0.05) is 250 Å². The summed E-state index contributed by atoms with van der Waals surface area (Å²) in [6.45, 7) is 4.87. The smallest absolute Gasteiger partial charge is 0.305 e. The molecule has 0 aromatic heterocycles. The molecule has 0 aliphatic heterocycles. The lowest BCUT2D eigenvalue weighted by Crippen LogP contribution is -2.45. The number of rotatable bonds is 51. The summed E-state index contributed by atoms with van der Waals surface area (Å²) >= 11 is 0. The van der Waals surface area contributed by atoms with Crippen molar-refractivity contribution in [3.05, 3.63) is 24.3 Å². The van der Waals surface area contributed by atoms with Gasteiger partial charge in [0.25, 0.3) is 0 Å². The van der Waals surface area contributed by atoms with E-state index in [2.05, 4.69) is 31.3 Å². The molecule has 0 aromatic rings. The van der Waals surface area contributed by atoms with E-state index < -0.39 is 12.1 Å². The monoisotopic (exact) mass is 874 g/mol. The van der Waals surface area contributed by atoms with E-state index >= 15 is 0 Å². The summed E-state index contributed by atoms with van der Waals surface area (Å²) in [5, 5.41) is 22.9. The second-order valence-corrected chi connectivity index (χ2v) is 18.9. The highest BCUT2D eigenvalue weighted by atomic mass is 16.5. The molecule has 2 atom stereocenters. The number of ether oxygens (including phenoxy) is 1. The topological polar surface area (TPSA) is 95.9 Å². The molecule has 0 heterocycles. The first-order valence-electron chi connectivity index (χ1n) is 27.6. The normalized spacial score (nSPS) is 12.8. The third-order valence-corrected chi connectivity index (χ3v) is 12.7. The Bertz CT molecular complexity index is 966. The average molecular weight is 874 g/mol. The molecule has 6 nitrogen and oxygen atoms in total. The molecule has 62 heavy (non-hydrogen) atoms. The highest BCUT2D eigenvalue weighted by Gasteiger charge is 2.18. The van der Waals surface area contributed by atoms with Crippen molar-refractivity contribution in [3.63, 3.8) is 0 Å². The van der Waals surface area contributed by atoms with Gasteiger partial charge in [0, 0.05) is 12.8 Å². The lowest BCUT2D eigenvalue weighted by atomic mass is 10.0. The Kier molecular flexibility index (Phi) is 50.6. The van der Waals surface area contributed by atoms with Crippen molar-refractivity contribution < 1.29 is 24.5 Å². The molecule has 0 radical (unpaired) electrons. The van der Waals surface area contributed by atoms with E-state index in [0.29, 0.717) is 19.4 Å². The molecular formula is C56H107NO5. The molecule has 1 amide bonds. The van der Waals surface area contributed by atoms with Crippen molar-refractivity contribution >= 4 is 11.9 Å². The van der Waals surface area contributed by atoms with Crippen molar-refractivity contribution in [1.29, 1.82) is 0 Å². The van der Waals surface area contributed by atoms with E-state index in [1.807, 2.05) is 6.08 Å². The first-order valence-corrected chi connectivity index (χ1v) is 27.6. The van der Waals surface area contributed by atoms with Gasteiger partial charge in [-0.2, -0.15) is 0 Å². The fourth-order valence-electron chi connectivity index (χ4n) is 8.45. The molecule has 2 unspecified atom stereocenters. The molecule has 0 fully saturated rings. The van der Waals surface area contributed by atoms with Gasteiger partial charge >= 0.3 is 5.97 Å². The number of carbonyl (C=O) groups is 2. The Hall–Kier alpha value is -1.66. The van der Waals surface area contributed by atoms with Gasteiger partial charge in [-0.05, 0) is 57.8 Å². The number of nitrogens with one attached hydrogen (secondary N) is 1. The van der Waals surface area contributed by atoms with E-state index in [1.165, 1.54) is 225 Å². The predicted octanol–water partition coefficient (Wildman–Crippen LogP) is 16.7. The van der Waals surface area contributed by atoms with Gasteiger partial charge in [0.2, 0.25) is 5.91 Å². The average Bonchev–Trinajstić information content (AvgIpc) is 3.27. The molecule has 0 rings (SSSR count). The molecule has 0 spiro atoms. The van der Waals surface area contributed by atoms with Gasteiger partial charge in [0.15, 0.2) is 0 Å². The number of allylic oxidation sites excluding steroid dienone is 3. The SMILES string of the molecule is CCCCCCCC/C=C\CCCCCCCCCC(=O)OCCCCCCCCCCCCCCCCCCCCCC(=O)NC(CO)C(O)/C=C/CCCCCCCCC. The van der Waals surface area contributed by atoms with Crippen molar-refractivity contribution in [2.24, 2.45) is 0 Å². The van der Waals surface area contributed by atoms with Crippen LogP contribution in [0.15, 0.2) is 24.3 Å². The number of aliphatic hydroxyl groups is 2. The van der Waals surface area contributed by atoms with Crippen LogP contribution in [-0.4, -0.2) is 47.4 Å². The van der Waals surface area contributed by atoms with Crippen LogP contribution in [0.3, 0.4) is 0 Å².